The summed E-state index contributed by atoms with van der Waals surface area (Å²) in [5, 5.41) is 1.85. The van der Waals surface area contributed by atoms with Crippen LogP contribution in [0.15, 0.2) is 48.5 Å². The van der Waals surface area contributed by atoms with Gasteiger partial charge in [0.1, 0.15) is 6.42 Å². The summed E-state index contributed by atoms with van der Waals surface area (Å²) in [5.41, 5.74) is -0.205. The van der Waals surface area contributed by atoms with Gasteiger partial charge in [0.15, 0.2) is 0 Å². The van der Waals surface area contributed by atoms with Crippen LogP contribution in [0.1, 0.15) is 24.5 Å². The number of carbonyl (C=O) groups is 2. The highest BCUT2D eigenvalue weighted by Gasteiger charge is 2.33. The van der Waals surface area contributed by atoms with Crippen molar-refractivity contribution in [1.29, 1.82) is 0 Å². The third kappa shape index (κ3) is 5.99. The summed E-state index contributed by atoms with van der Waals surface area (Å²) in [5.74, 6) is -1.11. The van der Waals surface area contributed by atoms with Crippen LogP contribution >= 0.6 is 11.6 Å². The van der Waals surface area contributed by atoms with Crippen LogP contribution in [-0.4, -0.2) is 23.3 Å². The Hall–Kier alpha value is -2.54. The van der Waals surface area contributed by atoms with Crippen molar-refractivity contribution >= 4 is 29.1 Å². The van der Waals surface area contributed by atoms with Gasteiger partial charge in [-0.2, -0.15) is 13.2 Å². The molecule has 0 spiro atoms. The molecule has 0 atom stereocenters. The van der Waals surface area contributed by atoms with Crippen LogP contribution < -0.4 is 5.32 Å². The molecule has 2 aromatic rings. The number of halogens is 4. The lowest BCUT2D eigenvalue weighted by Gasteiger charge is -2.21. The number of hydrogen-bond donors (Lipinski definition) is 1. The SMILES string of the molecule is CCN(Cc1ccccc1)C(=O)CC(=O)Nc1ccc(Cl)c(C(F)(F)F)c1. The van der Waals surface area contributed by atoms with E-state index in [-0.39, 0.29) is 5.69 Å². The van der Waals surface area contributed by atoms with Gasteiger partial charge >= 0.3 is 6.18 Å². The predicted octanol–water partition coefficient (Wildman–Crippen LogP) is 4.74. The Morgan fingerprint density at radius 1 is 1.11 bits per heavy atom. The zero-order valence-electron chi connectivity index (χ0n) is 14.5. The molecule has 4 nitrogen and oxygen atoms in total. The normalized spacial score (nSPS) is 11.1. The Labute approximate surface area is 159 Å². The third-order valence-electron chi connectivity index (χ3n) is 3.82. The standard InChI is InChI=1S/C19H18ClF3N2O2/c1-2-25(12-13-6-4-3-5-7-13)18(27)11-17(26)24-14-8-9-16(20)15(10-14)19(21,22)23/h3-10H,2,11-12H2,1H3,(H,24,26). The maximum atomic E-state index is 12.9. The second kappa shape index (κ2) is 8.90. The number of nitrogens with one attached hydrogen (secondary N) is 1. The highest BCUT2D eigenvalue weighted by atomic mass is 35.5. The minimum absolute atomic E-state index is 0.0735. The highest BCUT2D eigenvalue weighted by molar-refractivity contribution is 6.31. The molecule has 0 aliphatic carbocycles. The van der Waals surface area contributed by atoms with Gasteiger partial charge in [-0.3, -0.25) is 9.59 Å². The van der Waals surface area contributed by atoms with E-state index < -0.39 is 35.0 Å². The number of anilines is 1. The Bertz CT molecular complexity index is 810. The molecule has 2 aromatic carbocycles. The van der Waals surface area contributed by atoms with E-state index in [1.54, 1.807) is 6.92 Å². The molecule has 0 radical (unpaired) electrons. The Balaban J connectivity index is 2.01. The maximum absolute atomic E-state index is 12.9. The molecule has 0 aromatic heterocycles. The van der Waals surface area contributed by atoms with E-state index in [0.29, 0.717) is 13.1 Å². The van der Waals surface area contributed by atoms with Crippen LogP contribution in [0, 0.1) is 0 Å². The second-order valence-corrected chi connectivity index (χ2v) is 6.22. The minimum Gasteiger partial charge on any atom is -0.338 e. The van der Waals surface area contributed by atoms with Crippen molar-refractivity contribution in [2.75, 3.05) is 11.9 Å². The van der Waals surface area contributed by atoms with Crippen molar-refractivity contribution < 1.29 is 22.8 Å². The summed E-state index contributed by atoms with van der Waals surface area (Å²) < 4.78 is 38.6. The lowest BCUT2D eigenvalue weighted by Crippen LogP contribution is -2.33. The van der Waals surface area contributed by atoms with E-state index in [1.165, 1.54) is 11.0 Å². The van der Waals surface area contributed by atoms with Gasteiger partial charge in [-0.15, -0.1) is 0 Å². The van der Waals surface area contributed by atoms with Crippen molar-refractivity contribution in [3.05, 3.63) is 64.7 Å². The van der Waals surface area contributed by atoms with Crippen molar-refractivity contribution in [2.24, 2.45) is 0 Å². The predicted molar refractivity (Wildman–Crippen MR) is 97.2 cm³/mol. The highest BCUT2D eigenvalue weighted by Crippen LogP contribution is 2.36. The number of carbonyl (C=O) groups excluding carboxylic acids is 2. The molecule has 0 aliphatic rings. The monoisotopic (exact) mass is 398 g/mol. The summed E-state index contributed by atoms with van der Waals surface area (Å²) in [6.07, 6.45) is -5.10. The van der Waals surface area contributed by atoms with E-state index in [4.69, 9.17) is 11.6 Å². The molecule has 0 bridgehead atoms. The first-order valence-corrected chi connectivity index (χ1v) is 8.56. The van der Waals surface area contributed by atoms with E-state index in [2.05, 4.69) is 5.32 Å². The molecule has 2 rings (SSSR count). The first-order valence-electron chi connectivity index (χ1n) is 8.19. The van der Waals surface area contributed by atoms with Gasteiger partial charge in [0.2, 0.25) is 11.8 Å². The van der Waals surface area contributed by atoms with Crippen LogP contribution in [0.4, 0.5) is 18.9 Å². The number of rotatable bonds is 6. The van der Waals surface area contributed by atoms with Crippen LogP contribution in [0.25, 0.3) is 0 Å². The average Bonchev–Trinajstić information content (AvgIpc) is 2.61. The van der Waals surface area contributed by atoms with E-state index in [1.807, 2.05) is 30.3 Å². The van der Waals surface area contributed by atoms with Gasteiger partial charge in [-0.25, -0.2) is 0 Å². The topological polar surface area (TPSA) is 49.4 Å². The van der Waals surface area contributed by atoms with Crippen LogP contribution in [-0.2, 0) is 22.3 Å². The van der Waals surface area contributed by atoms with E-state index >= 15 is 0 Å². The molecule has 2 amide bonds. The summed E-state index contributed by atoms with van der Waals surface area (Å²) in [6.45, 7) is 2.54. The molecule has 0 unspecified atom stereocenters. The van der Waals surface area contributed by atoms with Gasteiger partial charge in [-0.1, -0.05) is 41.9 Å². The fourth-order valence-electron chi connectivity index (χ4n) is 2.45. The first-order chi connectivity index (χ1) is 12.7. The van der Waals surface area contributed by atoms with Gasteiger partial charge in [0.25, 0.3) is 0 Å². The first kappa shape index (κ1) is 20.8. The number of alkyl halides is 3. The van der Waals surface area contributed by atoms with Crippen molar-refractivity contribution in [1.82, 2.24) is 4.90 Å². The summed E-state index contributed by atoms with van der Waals surface area (Å²) >= 11 is 5.55. The van der Waals surface area contributed by atoms with Crippen molar-refractivity contribution in [3.8, 4) is 0 Å². The number of benzene rings is 2. The van der Waals surface area contributed by atoms with Crippen LogP contribution in [0.5, 0.6) is 0 Å². The Kier molecular flexibility index (Phi) is 6.85. The molecule has 0 aliphatic heterocycles. The van der Waals surface area contributed by atoms with Crippen LogP contribution in [0.2, 0.25) is 5.02 Å². The van der Waals surface area contributed by atoms with Crippen LogP contribution in [0.3, 0.4) is 0 Å². The zero-order chi connectivity index (χ0) is 20.0. The number of nitrogens with zero attached hydrogens (tertiary/aromatic N) is 1. The molecule has 144 valence electrons. The zero-order valence-corrected chi connectivity index (χ0v) is 15.3. The summed E-state index contributed by atoms with van der Waals surface area (Å²) in [4.78, 5) is 25.9. The molecule has 0 heterocycles. The third-order valence-corrected chi connectivity index (χ3v) is 4.15. The molecule has 0 saturated carbocycles. The molecule has 27 heavy (non-hydrogen) atoms. The van der Waals surface area contributed by atoms with Gasteiger partial charge in [0, 0.05) is 18.8 Å². The molecular weight excluding hydrogens is 381 g/mol. The second-order valence-electron chi connectivity index (χ2n) is 5.81. The molecular formula is C19H18ClF3N2O2. The van der Waals surface area contributed by atoms with Crippen molar-refractivity contribution in [3.63, 3.8) is 0 Å². The Morgan fingerprint density at radius 2 is 1.78 bits per heavy atom. The molecule has 0 fully saturated rings. The minimum atomic E-state index is -4.64. The van der Waals surface area contributed by atoms with E-state index in [0.717, 1.165) is 17.7 Å². The maximum Gasteiger partial charge on any atom is 0.417 e. The summed E-state index contributed by atoms with van der Waals surface area (Å²) in [7, 11) is 0. The largest absolute Gasteiger partial charge is 0.417 e. The van der Waals surface area contributed by atoms with Gasteiger partial charge in [0.05, 0.1) is 10.6 Å². The smallest absolute Gasteiger partial charge is 0.338 e. The summed E-state index contributed by atoms with van der Waals surface area (Å²) in [6, 6.07) is 12.3. The number of amides is 2. The Morgan fingerprint density at radius 3 is 2.37 bits per heavy atom. The lowest BCUT2D eigenvalue weighted by molar-refractivity contribution is -0.138. The quantitative estimate of drug-likeness (QED) is 0.715. The fraction of sp³-hybridized carbons (Fsp3) is 0.263. The molecule has 1 N–H and O–H groups in total. The van der Waals surface area contributed by atoms with E-state index in [9.17, 15) is 22.8 Å². The van der Waals surface area contributed by atoms with Gasteiger partial charge in [-0.05, 0) is 30.7 Å². The van der Waals surface area contributed by atoms with Gasteiger partial charge < -0.3 is 10.2 Å². The number of hydrogen-bond acceptors (Lipinski definition) is 2. The fourth-order valence-corrected chi connectivity index (χ4v) is 2.68. The molecule has 8 heteroatoms. The lowest BCUT2D eigenvalue weighted by atomic mass is 10.2. The molecule has 0 saturated heterocycles. The van der Waals surface area contributed by atoms with Crippen molar-refractivity contribution in [2.45, 2.75) is 26.1 Å². The average molecular weight is 399 g/mol.